The number of aliphatic hydroxyl groups is 1. The molecule has 0 aliphatic carbocycles. The smallest absolute Gasteiger partial charge is 0.280 e. The first-order chi connectivity index (χ1) is 16.7. The molecule has 0 spiro atoms. The van der Waals surface area contributed by atoms with Crippen molar-refractivity contribution < 1.29 is 23.5 Å². The van der Waals surface area contributed by atoms with Gasteiger partial charge >= 0.3 is 0 Å². The van der Waals surface area contributed by atoms with Gasteiger partial charge in [0.05, 0.1) is 10.5 Å². The Bertz CT molecular complexity index is 1110. The number of alkyl halides is 2. The summed E-state index contributed by atoms with van der Waals surface area (Å²) in [5, 5.41) is 15.7. The molecule has 198 valence electrons. The number of halogens is 2. The zero-order valence-corrected chi connectivity index (χ0v) is 22.4. The molecule has 0 radical (unpaired) electrons. The van der Waals surface area contributed by atoms with E-state index in [-0.39, 0.29) is 44.8 Å². The fraction of sp³-hybridized carbons (Fsp3) is 0.600. The molecule has 0 bridgehead atoms. The third kappa shape index (κ3) is 6.56. The lowest BCUT2D eigenvalue weighted by Gasteiger charge is -2.25. The number of likely N-dealkylation sites (tertiary alicyclic amines) is 1. The van der Waals surface area contributed by atoms with E-state index in [0.717, 1.165) is 30.6 Å². The molecular formula is C25H35F2N5O3S. The Balaban J connectivity index is 2.08. The molecule has 2 aromatic heterocycles. The minimum Gasteiger partial charge on any atom is -0.389 e. The molecule has 2 aromatic rings. The van der Waals surface area contributed by atoms with Gasteiger partial charge in [0.15, 0.2) is 5.01 Å². The number of nitrogens with one attached hydrogen (secondary N) is 2. The normalized spacial score (nSPS) is 16.5. The quantitative estimate of drug-likeness (QED) is 0.433. The van der Waals surface area contributed by atoms with Crippen LogP contribution in [0.25, 0.3) is 10.4 Å². The molecule has 36 heavy (non-hydrogen) atoms. The number of rotatable bonds is 9. The van der Waals surface area contributed by atoms with Crippen LogP contribution in [0, 0.1) is 0 Å². The van der Waals surface area contributed by atoms with Gasteiger partial charge in [-0.25, -0.2) is 18.7 Å². The van der Waals surface area contributed by atoms with Crippen LogP contribution in [0.1, 0.15) is 93.1 Å². The average molecular weight is 524 g/mol. The number of anilines is 1. The number of pyridine rings is 1. The average Bonchev–Trinajstić information content (AvgIpc) is 3.43. The summed E-state index contributed by atoms with van der Waals surface area (Å²) in [5.74, 6) is -0.691. The van der Waals surface area contributed by atoms with E-state index in [2.05, 4.69) is 20.6 Å². The molecule has 3 N–H and O–H groups in total. The Morgan fingerprint density at radius 2 is 2.00 bits per heavy atom. The Labute approximate surface area is 214 Å². The minimum atomic E-state index is -2.84. The number of aromatic nitrogens is 2. The fourth-order valence-corrected chi connectivity index (χ4v) is 4.84. The number of carbonyl (C=O) groups is 2. The maximum absolute atomic E-state index is 14.2. The van der Waals surface area contributed by atoms with Gasteiger partial charge in [0.2, 0.25) is 0 Å². The highest BCUT2D eigenvalue weighted by atomic mass is 32.1. The molecule has 3 heterocycles. The van der Waals surface area contributed by atoms with E-state index >= 15 is 0 Å². The van der Waals surface area contributed by atoms with E-state index in [1.165, 1.54) is 12.3 Å². The van der Waals surface area contributed by atoms with Crippen molar-refractivity contribution >= 4 is 29.0 Å². The summed E-state index contributed by atoms with van der Waals surface area (Å²) < 4.78 is 28.5. The summed E-state index contributed by atoms with van der Waals surface area (Å²) in [5.41, 5.74) is -1.77. The molecule has 1 atom stereocenters. The highest BCUT2D eigenvalue weighted by Gasteiger charge is 2.33. The number of thiazole rings is 1. The van der Waals surface area contributed by atoms with Gasteiger partial charge in [0.25, 0.3) is 18.2 Å². The molecule has 0 saturated carbocycles. The molecule has 2 amide bonds. The van der Waals surface area contributed by atoms with Crippen LogP contribution in [0.4, 0.5) is 14.6 Å². The fourth-order valence-electron chi connectivity index (χ4n) is 3.83. The Hall–Kier alpha value is -2.66. The van der Waals surface area contributed by atoms with E-state index in [1.807, 2.05) is 27.7 Å². The number of carbonyl (C=O) groups excluding carboxylic acids is 2. The Morgan fingerprint density at radius 3 is 2.56 bits per heavy atom. The lowest BCUT2D eigenvalue weighted by molar-refractivity contribution is 0.0692. The lowest BCUT2D eigenvalue weighted by atomic mass is 10.0. The van der Waals surface area contributed by atoms with Gasteiger partial charge < -0.3 is 20.6 Å². The monoisotopic (exact) mass is 523 g/mol. The van der Waals surface area contributed by atoms with E-state index < -0.39 is 23.8 Å². The number of nitrogens with zero attached hydrogens (tertiary/aromatic N) is 3. The van der Waals surface area contributed by atoms with Crippen LogP contribution in [0.3, 0.4) is 0 Å². The van der Waals surface area contributed by atoms with E-state index in [9.17, 15) is 23.5 Å². The summed E-state index contributed by atoms with van der Waals surface area (Å²) in [6.45, 7) is 11.4. The summed E-state index contributed by atoms with van der Waals surface area (Å²) in [7, 11) is 0. The minimum absolute atomic E-state index is 0.0185. The molecule has 1 aliphatic rings. The molecule has 1 aliphatic heterocycles. The second-order valence-corrected chi connectivity index (χ2v) is 11.5. The SMILES string of the molecule is CCC(C)(C)Nc1cc(C(F)F)c(-c2sc(C(=O)NCC(C)(C)O)nc2C(=O)N2CCC[C@@H]2C)cn1. The van der Waals surface area contributed by atoms with Gasteiger partial charge in [-0.2, -0.15) is 0 Å². The molecule has 1 fully saturated rings. The lowest BCUT2D eigenvalue weighted by Crippen LogP contribution is -2.38. The molecule has 0 aromatic carbocycles. The van der Waals surface area contributed by atoms with Crippen LogP contribution >= 0.6 is 11.3 Å². The van der Waals surface area contributed by atoms with Crippen molar-refractivity contribution in [2.75, 3.05) is 18.4 Å². The highest BCUT2D eigenvalue weighted by Crippen LogP contribution is 2.39. The molecular weight excluding hydrogens is 488 g/mol. The summed E-state index contributed by atoms with van der Waals surface area (Å²) in [6.07, 6.45) is 0.901. The van der Waals surface area contributed by atoms with E-state index in [1.54, 1.807) is 18.7 Å². The molecule has 3 rings (SSSR count). The predicted octanol–water partition coefficient (Wildman–Crippen LogP) is 4.87. The largest absolute Gasteiger partial charge is 0.389 e. The van der Waals surface area contributed by atoms with Crippen LogP contribution in [0.15, 0.2) is 12.3 Å². The van der Waals surface area contributed by atoms with Crippen molar-refractivity contribution in [1.29, 1.82) is 0 Å². The van der Waals surface area contributed by atoms with E-state index in [0.29, 0.717) is 12.4 Å². The third-order valence-electron chi connectivity index (χ3n) is 6.29. The number of hydrogen-bond donors (Lipinski definition) is 3. The predicted molar refractivity (Wildman–Crippen MR) is 137 cm³/mol. The Morgan fingerprint density at radius 1 is 1.31 bits per heavy atom. The maximum atomic E-state index is 14.2. The van der Waals surface area contributed by atoms with Gasteiger partial charge in [0, 0.05) is 42.0 Å². The van der Waals surface area contributed by atoms with Crippen LogP contribution in [0.5, 0.6) is 0 Å². The van der Waals surface area contributed by atoms with Crippen LogP contribution in [0.2, 0.25) is 0 Å². The van der Waals surface area contributed by atoms with Crippen molar-refractivity contribution in [3.63, 3.8) is 0 Å². The van der Waals surface area contributed by atoms with Gasteiger partial charge in [0.1, 0.15) is 11.5 Å². The highest BCUT2D eigenvalue weighted by molar-refractivity contribution is 7.17. The molecule has 8 nitrogen and oxygen atoms in total. The van der Waals surface area contributed by atoms with Crippen LogP contribution < -0.4 is 10.6 Å². The zero-order chi connectivity index (χ0) is 26.8. The summed E-state index contributed by atoms with van der Waals surface area (Å²) >= 11 is 0.869. The first kappa shape index (κ1) is 27.9. The van der Waals surface area contributed by atoms with E-state index in [4.69, 9.17) is 0 Å². The zero-order valence-electron chi connectivity index (χ0n) is 21.6. The number of hydrogen-bond acceptors (Lipinski definition) is 7. The van der Waals surface area contributed by atoms with Crippen molar-refractivity contribution in [2.45, 2.75) is 84.4 Å². The van der Waals surface area contributed by atoms with Crippen LogP contribution in [-0.4, -0.2) is 62.1 Å². The first-order valence-corrected chi connectivity index (χ1v) is 12.9. The third-order valence-corrected chi connectivity index (χ3v) is 7.37. The molecule has 1 saturated heterocycles. The second-order valence-electron chi connectivity index (χ2n) is 10.5. The first-order valence-electron chi connectivity index (χ1n) is 12.1. The maximum Gasteiger partial charge on any atom is 0.280 e. The van der Waals surface area contributed by atoms with Crippen molar-refractivity contribution in [3.05, 3.63) is 28.5 Å². The summed E-state index contributed by atoms with van der Waals surface area (Å²) in [4.78, 5) is 36.7. The second kappa shape index (κ2) is 10.8. The van der Waals surface area contributed by atoms with Gasteiger partial charge in [-0.1, -0.05) is 6.92 Å². The molecule has 11 heteroatoms. The van der Waals surface area contributed by atoms with Gasteiger partial charge in [-0.05, 0) is 59.9 Å². The van der Waals surface area contributed by atoms with Gasteiger partial charge in [-0.15, -0.1) is 11.3 Å². The van der Waals surface area contributed by atoms with Crippen molar-refractivity contribution in [2.24, 2.45) is 0 Å². The topological polar surface area (TPSA) is 107 Å². The number of amides is 2. The standard InChI is InChI=1S/C25H35F2N5O3S/c1-7-24(3,4)31-17-11-15(20(26)27)16(12-28-17)19-18(23(34)32-10-8-9-14(32)2)30-22(36-19)21(33)29-13-25(5,6)35/h11-12,14,20,35H,7-10,13H2,1-6H3,(H,28,31)(H,29,33)/t14-/m0/s1. The van der Waals surface area contributed by atoms with Crippen molar-refractivity contribution in [1.82, 2.24) is 20.2 Å². The summed E-state index contributed by atoms with van der Waals surface area (Å²) in [6, 6.07) is 1.27. The molecule has 0 unspecified atom stereocenters. The van der Waals surface area contributed by atoms with Crippen molar-refractivity contribution in [3.8, 4) is 10.4 Å². The van der Waals surface area contributed by atoms with Crippen LogP contribution in [-0.2, 0) is 0 Å². The Kier molecular flexibility index (Phi) is 8.34. The van der Waals surface area contributed by atoms with Gasteiger partial charge in [-0.3, -0.25) is 9.59 Å².